The van der Waals surface area contributed by atoms with E-state index in [2.05, 4.69) is 17.0 Å². The van der Waals surface area contributed by atoms with Gasteiger partial charge in [0.25, 0.3) is 0 Å². The molecule has 2 saturated heterocycles. The van der Waals surface area contributed by atoms with E-state index in [1.54, 1.807) is 4.90 Å². The molecule has 0 radical (unpaired) electrons. The van der Waals surface area contributed by atoms with Crippen LogP contribution in [0.2, 0.25) is 0 Å². The largest absolute Gasteiger partial charge is 0.469 e. The van der Waals surface area contributed by atoms with Gasteiger partial charge in [-0.3, -0.25) is 9.59 Å². The molecule has 2 aliphatic heterocycles. The molecule has 112 valence electrons. The van der Waals surface area contributed by atoms with Crippen molar-refractivity contribution in [1.29, 1.82) is 0 Å². The molecule has 0 aromatic heterocycles. The molecule has 1 amide bonds. The van der Waals surface area contributed by atoms with Crippen molar-refractivity contribution in [1.82, 2.24) is 0 Å². The number of nitrogens with zero attached hydrogens (tertiary/aromatic N) is 2. The fourth-order valence-electron chi connectivity index (χ4n) is 3.10. The number of rotatable bonds is 3. The molecule has 0 aliphatic carbocycles. The van der Waals surface area contributed by atoms with E-state index < -0.39 is 0 Å². The molecule has 0 bridgehead atoms. The van der Waals surface area contributed by atoms with Gasteiger partial charge in [0.2, 0.25) is 5.91 Å². The van der Waals surface area contributed by atoms with Crippen LogP contribution in [0.1, 0.15) is 19.3 Å². The topological polar surface area (TPSA) is 49.9 Å². The lowest BCUT2D eigenvalue weighted by atomic mass is 10.1. The average Bonchev–Trinajstić information content (AvgIpc) is 3.16. The lowest BCUT2D eigenvalue weighted by Crippen LogP contribution is -2.26. The van der Waals surface area contributed by atoms with Crippen LogP contribution in [0, 0.1) is 5.92 Å². The molecule has 1 aromatic rings. The van der Waals surface area contributed by atoms with Crippen molar-refractivity contribution in [3.8, 4) is 0 Å². The highest BCUT2D eigenvalue weighted by Gasteiger charge is 2.35. The molecule has 3 rings (SSSR count). The third-order valence-corrected chi connectivity index (χ3v) is 4.29. The standard InChI is InChI=1S/C16H20N2O3/c1-21-16(20)12-10-15(19)18(11-12)14-6-4-13(5-7-14)17-8-2-3-9-17/h4-7,12H,2-3,8-11H2,1H3. The van der Waals surface area contributed by atoms with Crippen LogP contribution < -0.4 is 9.80 Å². The number of benzene rings is 1. The maximum atomic E-state index is 12.1. The number of amides is 1. The first-order valence-electron chi connectivity index (χ1n) is 7.42. The summed E-state index contributed by atoms with van der Waals surface area (Å²) in [6.45, 7) is 2.62. The van der Waals surface area contributed by atoms with Crippen molar-refractivity contribution in [2.75, 3.05) is 36.5 Å². The van der Waals surface area contributed by atoms with Crippen LogP contribution in [0.15, 0.2) is 24.3 Å². The van der Waals surface area contributed by atoms with E-state index in [1.165, 1.54) is 25.6 Å². The molecule has 0 spiro atoms. The van der Waals surface area contributed by atoms with Gasteiger partial charge in [-0.05, 0) is 37.1 Å². The molecule has 1 aromatic carbocycles. The molecule has 5 nitrogen and oxygen atoms in total. The number of methoxy groups -OCH3 is 1. The zero-order chi connectivity index (χ0) is 14.8. The maximum Gasteiger partial charge on any atom is 0.311 e. The minimum atomic E-state index is -0.347. The number of anilines is 2. The van der Waals surface area contributed by atoms with Crippen molar-refractivity contribution in [2.24, 2.45) is 5.92 Å². The Morgan fingerprint density at radius 2 is 1.76 bits per heavy atom. The number of hydrogen-bond acceptors (Lipinski definition) is 4. The molecule has 2 fully saturated rings. The van der Waals surface area contributed by atoms with E-state index in [9.17, 15) is 9.59 Å². The zero-order valence-electron chi connectivity index (χ0n) is 12.2. The van der Waals surface area contributed by atoms with Crippen LogP contribution in [-0.2, 0) is 14.3 Å². The Balaban J connectivity index is 1.72. The summed E-state index contributed by atoms with van der Waals surface area (Å²) in [6, 6.07) is 8.04. The number of carbonyl (C=O) groups excluding carboxylic acids is 2. The van der Waals surface area contributed by atoms with Gasteiger partial charge in [-0.15, -0.1) is 0 Å². The molecule has 1 atom stereocenters. The summed E-state index contributed by atoms with van der Waals surface area (Å²) in [4.78, 5) is 27.6. The van der Waals surface area contributed by atoms with Crippen molar-refractivity contribution >= 4 is 23.3 Å². The zero-order valence-corrected chi connectivity index (χ0v) is 12.2. The number of ether oxygens (including phenoxy) is 1. The highest BCUT2D eigenvalue weighted by molar-refractivity contribution is 5.99. The van der Waals surface area contributed by atoms with E-state index in [0.29, 0.717) is 6.54 Å². The Morgan fingerprint density at radius 1 is 1.14 bits per heavy atom. The van der Waals surface area contributed by atoms with Gasteiger partial charge in [-0.25, -0.2) is 0 Å². The SMILES string of the molecule is COC(=O)C1CC(=O)N(c2ccc(N3CCCC3)cc2)C1. The molecule has 2 heterocycles. The van der Waals surface area contributed by atoms with Crippen LogP contribution in [0.3, 0.4) is 0 Å². The van der Waals surface area contributed by atoms with Crippen molar-refractivity contribution in [2.45, 2.75) is 19.3 Å². The molecule has 0 saturated carbocycles. The Hall–Kier alpha value is -2.04. The van der Waals surface area contributed by atoms with Gasteiger partial charge >= 0.3 is 5.97 Å². The second kappa shape index (κ2) is 5.76. The molecule has 5 heteroatoms. The Bertz CT molecular complexity index is 535. The minimum Gasteiger partial charge on any atom is -0.469 e. The summed E-state index contributed by atoms with van der Waals surface area (Å²) in [7, 11) is 1.36. The summed E-state index contributed by atoms with van der Waals surface area (Å²) < 4.78 is 4.73. The lowest BCUT2D eigenvalue weighted by Gasteiger charge is -2.20. The number of hydrogen-bond donors (Lipinski definition) is 0. The Morgan fingerprint density at radius 3 is 2.38 bits per heavy atom. The van der Waals surface area contributed by atoms with E-state index in [1.807, 2.05) is 12.1 Å². The predicted molar refractivity (Wildman–Crippen MR) is 80.4 cm³/mol. The van der Waals surface area contributed by atoms with Gasteiger partial charge in [0.1, 0.15) is 0 Å². The third kappa shape index (κ3) is 2.73. The Labute approximate surface area is 124 Å². The van der Waals surface area contributed by atoms with Crippen molar-refractivity contribution in [3.63, 3.8) is 0 Å². The molecular weight excluding hydrogens is 268 g/mol. The summed E-state index contributed by atoms with van der Waals surface area (Å²) in [6.07, 6.45) is 2.72. The maximum absolute atomic E-state index is 12.1. The van der Waals surface area contributed by atoms with Gasteiger partial charge in [-0.1, -0.05) is 0 Å². The van der Waals surface area contributed by atoms with Crippen molar-refractivity contribution in [3.05, 3.63) is 24.3 Å². The van der Waals surface area contributed by atoms with Crippen molar-refractivity contribution < 1.29 is 14.3 Å². The molecule has 2 aliphatic rings. The average molecular weight is 288 g/mol. The molecule has 1 unspecified atom stereocenters. The second-order valence-corrected chi connectivity index (χ2v) is 5.64. The van der Waals surface area contributed by atoms with Crippen LogP contribution in [0.5, 0.6) is 0 Å². The first-order valence-corrected chi connectivity index (χ1v) is 7.42. The van der Waals surface area contributed by atoms with E-state index in [0.717, 1.165) is 18.8 Å². The summed E-state index contributed by atoms with van der Waals surface area (Å²) in [5, 5.41) is 0. The van der Waals surface area contributed by atoms with Crippen LogP contribution >= 0.6 is 0 Å². The van der Waals surface area contributed by atoms with Crippen LogP contribution in [0.4, 0.5) is 11.4 Å². The van der Waals surface area contributed by atoms with Gasteiger partial charge in [-0.2, -0.15) is 0 Å². The van der Waals surface area contributed by atoms with Gasteiger partial charge in [0, 0.05) is 37.4 Å². The quantitative estimate of drug-likeness (QED) is 0.796. The number of esters is 1. The van der Waals surface area contributed by atoms with Gasteiger partial charge in [0.15, 0.2) is 0 Å². The summed E-state index contributed by atoms with van der Waals surface area (Å²) in [5.41, 5.74) is 2.06. The lowest BCUT2D eigenvalue weighted by molar-refractivity contribution is -0.145. The smallest absolute Gasteiger partial charge is 0.311 e. The monoisotopic (exact) mass is 288 g/mol. The number of carbonyl (C=O) groups is 2. The fraction of sp³-hybridized carbons (Fsp3) is 0.500. The Kier molecular flexibility index (Phi) is 3.82. The molecular formula is C16H20N2O3. The first kappa shape index (κ1) is 13.9. The normalized spacial score (nSPS) is 22.0. The fourth-order valence-corrected chi connectivity index (χ4v) is 3.10. The highest BCUT2D eigenvalue weighted by Crippen LogP contribution is 2.28. The van der Waals surface area contributed by atoms with E-state index in [-0.39, 0.29) is 24.2 Å². The summed E-state index contributed by atoms with van der Waals surface area (Å²) in [5.74, 6) is -0.667. The van der Waals surface area contributed by atoms with Gasteiger partial charge < -0.3 is 14.5 Å². The summed E-state index contributed by atoms with van der Waals surface area (Å²) >= 11 is 0. The predicted octanol–water partition coefficient (Wildman–Crippen LogP) is 1.81. The second-order valence-electron chi connectivity index (χ2n) is 5.64. The minimum absolute atomic E-state index is 0.0145. The van der Waals surface area contributed by atoms with Crippen LogP contribution in [0.25, 0.3) is 0 Å². The van der Waals surface area contributed by atoms with E-state index >= 15 is 0 Å². The highest BCUT2D eigenvalue weighted by atomic mass is 16.5. The van der Waals surface area contributed by atoms with Gasteiger partial charge in [0.05, 0.1) is 13.0 Å². The van der Waals surface area contributed by atoms with E-state index in [4.69, 9.17) is 4.74 Å². The van der Waals surface area contributed by atoms with Crippen LogP contribution in [-0.4, -0.2) is 38.6 Å². The first-order chi connectivity index (χ1) is 10.2. The molecule has 0 N–H and O–H groups in total. The molecule has 21 heavy (non-hydrogen) atoms. The third-order valence-electron chi connectivity index (χ3n) is 4.29.